The Morgan fingerprint density at radius 2 is 2.09 bits per heavy atom. The van der Waals surface area contributed by atoms with E-state index in [4.69, 9.17) is 4.74 Å². The Balaban J connectivity index is 1.68. The molecule has 0 aromatic heterocycles. The van der Waals surface area contributed by atoms with Crippen molar-refractivity contribution in [2.45, 2.75) is 51.6 Å². The third-order valence-electron chi connectivity index (χ3n) is 4.59. The van der Waals surface area contributed by atoms with Gasteiger partial charge in [-0.25, -0.2) is 4.79 Å². The van der Waals surface area contributed by atoms with Crippen LogP contribution in [0, 0.1) is 5.92 Å². The highest BCUT2D eigenvalue weighted by atomic mass is 16.6. The lowest BCUT2D eigenvalue weighted by atomic mass is 9.88. The zero-order valence-electron chi connectivity index (χ0n) is 14.1. The van der Waals surface area contributed by atoms with Gasteiger partial charge in [-0.3, -0.25) is 0 Å². The van der Waals surface area contributed by atoms with Crippen LogP contribution in [0.4, 0.5) is 4.79 Å². The molecule has 0 bridgehead atoms. The van der Waals surface area contributed by atoms with E-state index < -0.39 is 6.10 Å². The predicted octanol–water partition coefficient (Wildman–Crippen LogP) is 3.63. The maximum atomic E-state index is 11.9. The van der Waals surface area contributed by atoms with Gasteiger partial charge in [-0.15, -0.1) is 0 Å². The Morgan fingerprint density at radius 1 is 1.30 bits per heavy atom. The first kappa shape index (κ1) is 17.8. The SMILES string of the molecule is CCCCOC(=O)N1CC[C@@H](CCCc2ccccc2)[C@H](O)C1. The topological polar surface area (TPSA) is 49.8 Å². The summed E-state index contributed by atoms with van der Waals surface area (Å²) in [7, 11) is 0. The van der Waals surface area contributed by atoms with Crippen LogP contribution in [-0.4, -0.2) is 41.9 Å². The molecular formula is C19H29NO3. The van der Waals surface area contributed by atoms with E-state index in [1.165, 1.54) is 5.56 Å². The molecule has 0 saturated carbocycles. The highest BCUT2D eigenvalue weighted by molar-refractivity contribution is 5.67. The molecule has 1 aromatic carbocycles. The molecule has 1 N–H and O–H groups in total. The van der Waals surface area contributed by atoms with E-state index in [0.717, 1.165) is 38.5 Å². The van der Waals surface area contributed by atoms with Gasteiger partial charge in [0, 0.05) is 6.54 Å². The summed E-state index contributed by atoms with van der Waals surface area (Å²) in [5, 5.41) is 10.3. The second-order valence-corrected chi connectivity index (χ2v) is 6.41. The van der Waals surface area contributed by atoms with Crippen LogP contribution in [0.15, 0.2) is 30.3 Å². The normalized spacial score (nSPS) is 21.2. The van der Waals surface area contributed by atoms with E-state index >= 15 is 0 Å². The molecule has 1 aliphatic rings. The number of unbranched alkanes of at least 4 members (excludes halogenated alkanes) is 1. The monoisotopic (exact) mass is 319 g/mol. The van der Waals surface area contributed by atoms with E-state index in [9.17, 15) is 9.90 Å². The zero-order chi connectivity index (χ0) is 16.5. The van der Waals surface area contributed by atoms with E-state index in [1.54, 1.807) is 4.90 Å². The molecule has 1 aromatic rings. The Morgan fingerprint density at radius 3 is 2.78 bits per heavy atom. The Kier molecular flexibility index (Phi) is 7.40. The minimum absolute atomic E-state index is 0.278. The van der Waals surface area contributed by atoms with Crippen molar-refractivity contribution in [2.24, 2.45) is 5.92 Å². The fraction of sp³-hybridized carbons (Fsp3) is 0.632. The number of aliphatic hydroxyl groups excluding tert-OH is 1. The smallest absolute Gasteiger partial charge is 0.409 e. The number of amides is 1. The lowest BCUT2D eigenvalue weighted by Crippen LogP contribution is -2.46. The largest absolute Gasteiger partial charge is 0.449 e. The standard InChI is InChI=1S/C19H29NO3/c1-2-3-14-23-19(22)20-13-12-17(18(21)15-20)11-7-10-16-8-5-4-6-9-16/h4-6,8-9,17-18,21H,2-3,7,10-15H2,1H3/t17-,18-/m1/s1. The van der Waals surface area contributed by atoms with Crippen molar-refractivity contribution in [1.82, 2.24) is 4.90 Å². The summed E-state index contributed by atoms with van der Waals surface area (Å²) in [5.41, 5.74) is 1.35. The van der Waals surface area contributed by atoms with Crippen LogP contribution in [0.1, 0.15) is 44.6 Å². The summed E-state index contributed by atoms with van der Waals surface area (Å²) >= 11 is 0. The Hall–Kier alpha value is -1.55. The number of hydrogen-bond donors (Lipinski definition) is 1. The zero-order valence-corrected chi connectivity index (χ0v) is 14.1. The quantitative estimate of drug-likeness (QED) is 0.781. The second-order valence-electron chi connectivity index (χ2n) is 6.41. The van der Waals surface area contributed by atoms with Crippen LogP contribution < -0.4 is 0 Å². The number of benzene rings is 1. The van der Waals surface area contributed by atoms with Gasteiger partial charge in [-0.05, 0) is 43.6 Å². The number of piperidine rings is 1. The van der Waals surface area contributed by atoms with Crippen LogP contribution in [-0.2, 0) is 11.2 Å². The molecule has 23 heavy (non-hydrogen) atoms. The maximum absolute atomic E-state index is 11.9. The van der Waals surface area contributed by atoms with Gasteiger partial charge in [0.15, 0.2) is 0 Å². The van der Waals surface area contributed by atoms with Crippen molar-refractivity contribution in [3.8, 4) is 0 Å². The number of nitrogens with zero attached hydrogens (tertiary/aromatic N) is 1. The van der Waals surface area contributed by atoms with Crippen LogP contribution in [0.3, 0.4) is 0 Å². The van der Waals surface area contributed by atoms with Crippen molar-refractivity contribution in [3.05, 3.63) is 35.9 Å². The average Bonchev–Trinajstić information content (AvgIpc) is 2.57. The summed E-state index contributed by atoms with van der Waals surface area (Å²) in [6.07, 6.45) is 5.19. The summed E-state index contributed by atoms with van der Waals surface area (Å²) in [4.78, 5) is 13.6. The van der Waals surface area contributed by atoms with Gasteiger partial charge < -0.3 is 14.7 Å². The van der Waals surface area contributed by atoms with Crippen molar-refractivity contribution in [2.75, 3.05) is 19.7 Å². The van der Waals surface area contributed by atoms with Crippen molar-refractivity contribution in [1.29, 1.82) is 0 Å². The average molecular weight is 319 g/mol. The van der Waals surface area contributed by atoms with E-state index in [1.807, 2.05) is 6.07 Å². The predicted molar refractivity (Wildman–Crippen MR) is 91.3 cm³/mol. The van der Waals surface area contributed by atoms with E-state index in [0.29, 0.717) is 25.6 Å². The number of carbonyl (C=O) groups excluding carboxylic acids is 1. The van der Waals surface area contributed by atoms with E-state index in [2.05, 4.69) is 31.2 Å². The first-order valence-corrected chi connectivity index (χ1v) is 8.84. The molecule has 2 atom stereocenters. The number of β-amino-alcohol motifs (C(OH)–C–C–N with tert-alkyl or cyclic N) is 1. The van der Waals surface area contributed by atoms with Gasteiger partial charge in [-0.2, -0.15) is 0 Å². The molecule has 1 heterocycles. The second kappa shape index (κ2) is 9.56. The fourth-order valence-electron chi connectivity index (χ4n) is 3.09. The van der Waals surface area contributed by atoms with Gasteiger partial charge in [0.1, 0.15) is 0 Å². The molecular weight excluding hydrogens is 290 g/mol. The van der Waals surface area contributed by atoms with Gasteiger partial charge in [-0.1, -0.05) is 43.7 Å². The summed E-state index contributed by atoms with van der Waals surface area (Å²) in [5.74, 6) is 0.290. The molecule has 1 amide bonds. The lowest BCUT2D eigenvalue weighted by molar-refractivity contribution is 0.0120. The van der Waals surface area contributed by atoms with Crippen LogP contribution in [0.5, 0.6) is 0 Å². The number of aliphatic hydroxyl groups is 1. The molecule has 0 aliphatic carbocycles. The molecule has 4 heteroatoms. The molecule has 1 fully saturated rings. The van der Waals surface area contributed by atoms with Gasteiger partial charge in [0.2, 0.25) is 0 Å². The summed E-state index contributed by atoms with van der Waals surface area (Å²) in [6.45, 7) is 3.64. The maximum Gasteiger partial charge on any atom is 0.409 e. The number of likely N-dealkylation sites (tertiary alicyclic amines) is 1. The fourth-order valence-corrected chi connectivity index (χ4v) is 3.09. The van der Waals surface area contributed by atoms with Gasteiger partial charge >= 0.3 is 6.09 Å². The molecule has 1 saturated heterocycles. The van der Waals surface area contributed by atoms with Crippen LogP contribution >= 0.6 is 0 Å². The summed E-state index contributed by atoms with van der Waals surface area (Å²) < 4.78 is 5.22. The third kappa shape index (κ3) is 5.87. The highest BCUT2D eigenvalue weighted by Gasteiger charge is 2.30. The number of ether oxygens (including phenoxy) is 1. The van der Waals surface area contributed by atoms with Crippen molar-refractivity contribution >= 4 is 6.09 Å². The molecule has 2 rings (SSSR count). The van der Waals surface area contributed by atoms with Crippen molar-refractivity contribution in [3.63, 3.8) is 0 Å². The molecule has 0 spiro atoms. The van der Waals surface area contributed by atoms with Crippen LogP contribution in [0.2, 0.25) is 0 Å². The van der Waals surface area contributed by atoms with Crippen LogP contribution in [0.25, 0.3) is 0 Å². The summed E-state index contributed by atoms with van der Waals surface area (Å²) in [6, 6.07) is 10.4. The Bertz CT molecular complexity index is 463. The first-order valence-electron chi connectivity index (χ1n) is 8.84. The molecule has 1 aliphatic heterocycles. The minimum atomic E-state index is -0.432. The number of carbonyl (C=O) groups is 1. The minimum Gasteiger partial charge on any atom is -0.449 e. The highest BCUT2D eigenvalue weighted by Crippen LogP contribution is 2.24. The Labute approximate surface area is 139 Å². The number of aryl methyl sites for hydroxylation is 1. The molecule has 0 unspecified atom stereocenters. The first-order chi connectivity index (χ1) is 11.2. The molecule has 128 valence electrons. The van der Waals surface area contributed by atoms with E-state index in [-0.39, 0.29) is 6.09 Å². The lowest BCUT2D eigenvalue weighted by Gasteiger charge is -2.35. The third-order valence-corrected chi connectivity index (χ3v) is 4.59. The number of hydrogen-bond acceptors (Lipinski definition) is 3. The molecule has 0 radical (unpaired) electrons. The van der Waals surface area contributed by atoms with Gasteiger partial charge in [0.25, 0.3) is 0 Å². The van der Waals surface area contributed by atoms with Gasteiger partial charge in [0.05, 0.1) is 19.3 Å². The number of rotatable bonds is 7. The molecule has 4 nitrogen and oxygen atoms in total. The van der Waals surface area contributed by atoms with Crippen molar-refractivity contribution < 1.29 is 14.6 Å².